The first-order chi connectivity index (χ1) is 17.2. The molecule has 0 bridgehead atoms. The Morgan fingerprint density at radius 2 is 1.65 bits per heavy atom. The zero-order valence-electron chi connectivity index (χ0n) is 22.3. The van der Waals surface area contributed by atoms with Crippen LogP contribution in [0.2, 0.25) is 10.0 Å². The standard InChI is InChI=1S/C27H37Cl2N3O4S/c1-7-25(27(34)30-18(2)3)31(17-21-10-11-22(28)16-24(21)29)26(33)9-8-12-32(37(6,35)36)23-14-19(4)13-20(5)15-23/h10-11,13-16,18,25H,7-9,12,17H2,1-6H3,(H,30,34)/t25-/m0/s1. The number of carbonyl (C=O) groups excluding carboxylic acids is 2. The number of nitrogens with zero attached hydrogens (tertiary/aromatic N) is 2. The maximum Gasteiger partial charge on any atom is 0.243 e. The van der Waals surface area contributed by atoms with Gasteiger partial charge in [0.1, 0.15) is 6.04 Å². The Hall–Kier alpha value is -2.29. The van der Waals surface area contributed by atoms with Crippen LogP contribution in [0.3, 0.4) is 0 Å². The molecule has 10 heteroatoms. The highest BCUT2D eigenvalue weighted by molar-refractivity contribution is 7.92. The van der Waals surface area contributed by atoms with Crippen molar-refractivity contribution in [2.24, 2.45) is 0 Å². The summed E-state index contributed by atoms with van der Waals surface area (Å²) in [5.74, 6) is -0.505. The van der Waals surface area contributed by atoms with Crippen LogP contribution in [0.25, 0.3) is 0 Å². The monoisotopic (exact) mass is 569 g/mol. The number of carbonyl (C=O) groups is 2. The fraction of sp³-hybridized carbons (Fsp3) is 0.481. The normalized spacial score (nSPS) is 12.4. The molecule has 0 heterocycles. The lowest BCUT2D eigenvalue weighted by atomic mass is 10.1. The average molecular weight is 571 g/mol. The highest BCUT2D eigenvalue weighted by atomic mass is 35.5. The minimum Gasteiger partial charge on any atom is -0.352 e. The molecule has 37 heavy (non-hydrogen) atoms. The molecule has 2 amide bonds. The smallest absolute Gasteiger partial charge is 0.243 e. The van der Waals surface area contributed by atoms with E-state index in [1.807, 2.05) is 52.8 Å². The number of halogens is 2. The van der Waals surface area contributed by atoms with Crippen LogP contribution >= 0.6 is 23.2 Å². The predicted molar refractivity (Wildman–Crippen MR) is 152 cm³/mol. The lowest BCUT2D eigenvalue weighted by Gasteiger charge is -2.32. The largest absolute Gasteiger partial charge is 0.352 e. The molecule has 2 aromatic rings. The van der Waals surface area contributed by atoms with Crippen LogP contribution in [0.1, 0.15) is 56.7 Å². The van der Waals surface area contributed by atoms with Crippen LogP contribution in [0.15, 0.2) is 36.4 Å². The number of benzene rings is 2. The second-order valence-electron chi connectivity index (χ2n) is 9.63. The Kier molecular flexibility index (Phi) is 11.3. The fourth-order valence-corrected chi connectivity index (χ4v) is 5.65. The molecule has 2 rings (SSSR count). The first kappa shape index (κ1) is 30.9. The van der Waals surface area contributed by atoms with Crippen molar-refractivity contribution >= 4 is 50.7 Å². The molecule has 0 radical (unpaired) electrons. The van der Waals surface area contributed by atoms with E-state index in [2.05, 4.69) is 5.32 Å². The molecule has 0 aliphatic rings. The van der Waals surface area contributed by atoms with Crippen molar-refractivity contribution in [3.05, 3.63) is 63.1 Å². The topological polar surface area (TPSA) is 86.8 Å². The van der Waals surface area contributed by atoms with Gasteiger partial charge in [0, 0.05) is 35.6 Å². The summed E-state index contributed by atoms with van der Waals surface area (Å²) >= 11 is 12.4. The number of aryl methyl sites for hydroxylation is 2. The molecule has 0 aliphatic carbocycles. The van der Waals surface area contributed by atoms with Gasteiger partial charge in [0.15, 0.2) is 0 Å². The molecular formula is C27H37Cl2N3O4S. The first-order valence-electron chi connectivity index (χ1n) is 12.3. The number of sulfonamides is 1. The highest BCUT2D eigenvalue weighted by Gasteiger charge is 2.29. The van der Waals surface area contributed by atoms with E-state index in [0.29, 0.717) is 27.7 Å². The van der Waals surface area contributed by atoms with Crippen LogP contribution in [-0.2, 0) is 26.2 Å². The Bertz CT molecular complexity index is 1200. The Labute approximate surface area is 231 Å². The van der Waals surface area contributed by atoms with Gasteiger partial charge in [-0.3, -0.25) is 13.9 Å². The van der Waals surface area contributed by atoms with Crippen LogP contribution in [-0.4, -0.2) is 50.0 Å². The van der Waals surface area contributed by atoms with Crippen molar-refractivity contribution in [3.8, 4) is 0 Å². The quantitative estimate of drug-likeness (QED) is 0.366. The molecule has 0 saturated heterocycles. The van der Waals surface area contributed by atoms with Gasteiger partial charge in [-0.15, -0.1) is 0 Å². The van der Waals surface area contributed by atoms with Gasteiger partial charge in [-0.05, 0) is 81.5 Å². The summed E-state index contributed by atoms with van der Waals surface area (Å²) in [6.45, 7) is 9.66. The van der Waals surface area contributed by atoms with Gasteiger partial charge < -0.3 is 10.2 Å². The third-order valence-electron chi connectivity index (χ3n) is 5.82. The Balaban J connectivity index is 2.28. The third kappa shape index (κ3) is 9.20. The van der Waals surface area contributed by atoms with Crippen molar-refractivity contribution in [3.63, 3.8) is 0 Å². The number of nitrogens with one attached hydrogen (secondary N) is 1. The molecule has 1 atom stereocenters. The summed E-state index contributed by atoms with van der Waals surface area (Å²) in [6, 6.07) is 9.84. The van der Waals surface area contributed by atoms with Gasteiger partial charge >= 0.3 is 0 Å². The molecule has 0 aromatic heterocycles. The Morgan fingerprint density at radius 3 is 2.16 bits per heavy atom. The summed E-state index contributed by atoms with van der Waals surface area (Å²) in [5.41, 5.74) is 3.14. The van der Waals surface area contributed by atoms with Gasteiger partial charge in [-0.25, -0.2) is 8.42 Å². The van der Waals surface area contributed by atoms with Crippen molar-refractivity contribution in [2.75, 3.05) is 17.1 Å². The van der Waals surface area contributed by atoms with Crippen molar-refractivity contribution in [2.45, 2.75) is 72.5 Å². The summed E-state index contributed by atoms with van der Waals surface area (Å²) in [5, 5.41) is 3.77. The minimum atomic E-state index is -3.56. The Morgan fingerprint density at radius 1 is 1.03 bits per heavy atom. The predicted octanol–water partition coefficient (Wildman–Crippen LogP) is 5.49. The summed E-state index contributed by atoms with van der Waals surface area (Å²) in [4.78, 5) is 28.0. The maximum absolute atomic E-state index is 13.5. The van der Waals surface area contributed by atoms with E-state index < -0.39 is 16.1 Å². The van der Waals surface area contributed by atoms with Crippen LogP contribution < -0.4 is 9.62 Å². The second kappa shape index (κ2) is 13.5. The molecule has 0 fully saturated rings. The van der Waals surface area contributed by atoms with Gasteiger partial charge in [-0.1, -0.05) is 42.3 Å². The zero-order valence-corrected chi connectivity index (χ0v) is 24.7. The number of hydrogen-bond donors (Lipinski definition) is 1. The van der Waals surface area contributed by atoms with Crippen molar-refractivity contribution in [1.82, 2.24) is 10.2 Å². The molecule has 7 nitrogen and oxygen atoms in total. The van der Waals surface area contributed by atoms with Crippen LogP contribution in [0, 0.1) is 13.8 Å². The van der Waals surface area contributed by atoms with E-state index in [1.165, 1.54) is 9.21 Å². The number of anilines is 1. The van der Waals surface area contributed by atoms with Crippen molar-refractivity contribution < 1.29 is 18.0 Å². The van der Waals surface area contributed by atoms with Gasteiger partial charge in [-0.2, -0.15) is 0 Å². The molecule has 0 saturated carbocycles. The number of hydrogen-bond acceptors (Lipinski definition) is 4. The molecule has 0 unspecified atom stereocenters. The van der Waals surface area contributed by atoms with E-state index in [0.717, 1.165) is 17.4 Å². The summed E-state index contributed by atoms with van der Waals surface area (Å²) in [6.07, 6.45) is 1.91. The SMILES string of the molecule is CC[C@@H](C(=O)NC(C)C)N(Cc1ccc(Cl)cc1Cl)C(=O)CCCN(c1cc(C)cc(C)c1)S(C)(=O)=O. The fourth-order valence-electron chi connectivity index (χ4n) is 4.23. The number of amides is 2. The maximum atomic E-state index is 13.5. The zero-order chi connectivity index (χ0) is 27.9. The summed E-state index contributed by atoms with van der Waals surface area (Å²) in [7, 11) is -3.56. The molecule has 0 spiro atoms. The van der Waals surface area contributed by atoms with Gasteiger partial charge in [0.05, 0.1) is 11.9 Å². The van der Waals surface area contributed by atoms with E-state index in [9.17, 15) is 18.0 Å². The first-order valence-corrected chi connectivity index (χ1v) is 14.9. The summed E-state index contributed by atoms with van der Waals surface area (Å²) < 4.78 is 26.5. The van der Waals surface area contributed by atoms with E-state index in [4.69, 9.17) is 23.2 Å². The highest BCUT2D eigenvalue weighted by Crippen LogP contribution is 2.25. The molecule has 204 valence electrons. The lowest BCUT2D eigenvalue weighted by Crippen LogP contribution is -2.50. The van der Waals surface area contributed by atoms with E-state index in [1.54, 1.807) is 18.2 Å². The van der Waals surface area contributed by atoms with E-state index in [-0.39, 0.29) is 43.8 Å². The molecule has 1 N–H and O–H groups in total. The van der Waals surface area contributed by atoms with Crippen LogP contribution in [0.4, 0.5) is 5.69 Å². The minimum absolute atomic E-state index is 0.0630. The number of rotatable bonds is 12. The van der Waals surface area contributed by atoms with Crippen molar-refractivity contribution in [1.29, 1.82) is 0 Å². The van der Waals surface area contributed by atoms with Gasteiger partial charge in [0.2, 0.25) is 21.8 Å². The molecule has 0 aliphatic heterocycles. The van der Waals surface area contributed by atoms with E-state index >= 15 is 0 Å². The molecule has 2 aromatic carbocycles. The van der Waals surface area contributed by atoms with Crippen LogP contribution in [0.5, 0.6) is 0 Å². The average Bonchev–Trinajstić information content (AvgIpc) is 2.75. The lowest BCUT2D eigenvalue weighted by molar-refractivity contribution is -0.141. The second-order valence-corrected chi connectivity index (χ2v) is 12.4. The third-order valence-corrected chi connectivity index (χ3v) is 7.60. The van der Waals surface area contributed by atoms with Gasteiger partial charge in [0.25, 0.3) is 0 Å². The molecular weight excluding hydrogens is 533 g/mol.